The van der Waals surface area contributed by atoms with E-state index >= 15 is 0 Å². The average Bonchev–Trinajstić information content (AvgIpc) is 3.18. The van der Waals surface area contributed by atoms with Crippen LogP contribution in [0.4, 0.5) is 8.78 Å². The maximum Gasteiger partial charge on any atom is 0.191 e. The molecule has 21 heavy (non-hydrogen) atoms. The molecule has 1 aliphatic carbocycles. The summed E-state index contributed by atoms with van der Waals surface area (Å²) in [6.07, 6.45) is 2.24. The summed E-state index contributed by atoms with van der Waals surface area (Å²) in [6, 6.07) is 3.04. The van der Waals surface area contributed by atoms with E-state index in [1.165, 1.54) is 12.1 Å². The average molecular weight is 295 g/mol. The second-order valence-corrected chi connectivity index (χ2v) is 5.13. The van der Waals surface area contributed by atoms with Gasteiger partial charge < -0.3 is 10.1 Å². The van der Waals surface area contributed by atoms with E-state index in [1.54, 1.807) is 6.92 Å². The van der Waals surface area contributed by atoms with Crippen LogP contribution in [0.3, 0.4) is 0 Å². The van der Waals surface area contributed by atoms with Crippen LogP contribution in [0.25, 0.3) is 0 Å². The van der Waals surface area contributed by atoms with Crippen LogP contribution in [0, 0.1) is 18.6 Å². The van der Waals surface area contributed by atoms with Crippen molar-refractivity contribution in [2.24, 2.45) is 0 Å². The molecule has 1 aromatic heterocycles. The molecule has 0 unspecified atom stereocenters. The Morgan fingerprint density at radius 2 is 2.00 bits per heavy atom. The maximum absolute atomic E-state index is 13.9. The lowest BCUT2D eigenvalue weighted by atomic mass is 10.2. The zero-order valence-corrected chi connectivity index (χ0v) is 11.5. The normalized spacial score (nSPS) is 14.4. The van der Waals surface area contributed by atoms with E-state index < -0.39 is 17.4 Å². The van der Waals surface area contributed by atoms with Gasteiger partial charge in [0.1, 0.15) is 18.0 Å². The fraction of sp³-hybridized carbons (Fsp3) is 0.429. The van der Waals surface area contributed by atoms with Crippen LogP contribution in [-0.4, -0.2) is 16.4 Å². The minimum absolute atomic E-state index is 0.0944. The van der Waals surface area contributed by atoms with Gasteiger partial charge in [-0.1, -0.05) is 10.3 Å². The molecule has 0 bridgehead atoms. The predicted molar refractivity (Wildman–Crippen MR) is 69.6 cm³/mol. The number of benzene rings is 1. The molecule has 7 heteroatoms. The lowest BCUT2D eigenvalue weighted by Crippen LogP contribution is -2.15. The van der Waals surface area contributed by atoms with Gasteiger partial charge in [-0.3, -0.25) is 0 Å². The summed E-state index contributed by atoms with van der Waals surface area (Å²) in [5, 5.41) is 10.4. The fourth-order valence-corrected chi connectivity index (χ4v) is 1.92. The van der Waals surface area contributed by atoms with Gasteiger partial charge in [0.25, 0.3) is 0 Å². The van der Waals surface area contributed by atoms with Gasteiger partial charge in [-0.15, -0.1) is 0 Å². The molecule has 5 nitrogen and oxygen atoms in total. The monoisotopic (exact) mass is 295 g/mol. The molecule has 0 radical (unpaired) electrons. The quantitative estimate of drug-likeness (QED) is 0.887. The van der Waals surface area contributed by atoms with Gasteiger partial charge in [-0.25, -0.2) is 13.4 Å². The molecule has 1 fully saturated rings. The zero-order chi connectivity index (χ0) is 14.8. The summed E-state index contributed by atoms with van der Waals surface area (Å²) in [5.41, 5.74) is 1.50. The van der Waals surface area contributed by atoms with E-state index in [2.05, 4.69) is 20.3 Å². The number of hydrogen-bond donors (Lipinski definition) is 1. The molecule has 1 N–H and O–H groups in total. The molecular weight excluding hydrogens is 280 g/mol. The predicted octanol–water partition coefficient (Wildman–Crippen LogP) is 2.49. The number of aromatic nitrogens is 2. The number of nitrogens with one attached hydrogen (secondary N) is 1. The first kappa shape index (κ1) is 13.9. The summed E-state index contributed by atoms with van der Waals surface area (Å²) >= 11 is 0. The van der Waals surface area contributed by atoms with Crippen molar-refractivity contribution >= 4 is 0 Å². The molecule has 112 valence electrons. The van der Waals surface area contributed by atoms with Gasteiger partial charge in [0.05, 0.1) is 0 Å². The standard InChI is InChI=1S/C14H15F2N3O2/c1-8-13(19-21-18-8)7-20-14-11(15)4-9(5-12(14)16)6-17-10-2-3-10/h4-5,10,17H,2-3,6-7H2,1H3. The highest BCUT2D eigenvalue weighted by Crippen LogP contribution is 2.25. The van der Waals surface area contributed by atoms with Gasteiger partial charge in [0.15, 0.2) is 17.4 Å². The van der Waals surface area contributed by atoms with Crippen LogP contribution in [0.15, 0.2) is 16.8 Å². The number of rotatable bonds is 6. The molecule has 0 atom stereocenters. The topological polar surface area (TPSA) is 60.2 Å². The van der Waals surface area contributed by atoms with Crippen molar-refractivity contribution in [3.05, 3.63) is 40.7 Å². The Morgan fingerprint density at radius 3 is 2.57 bits per heavy atom. The highest BCUT2D eigenvalue weighted by atomic mass is 19.1. The third-order valence-corrected chi connectivity index (χ3v) is 3.33. The Hall–Kier alpha value is -2.02. The second kappa shape index (κ2) is 5.77. The van der Waals surface area contributed by atoms with E-state index in [0.29, 0.717) is 29.5 Å². The third-order valence-electron chi connectivity index (χ3n) is 3.33. The Labute approximate surface area is 120 Å². The van der Waals surface area contributed by atoms with Crippen LogP contribution >= 0.6 is 0 Å². The molecule has 0 aliphatic heterocycles. The molecule has 1 aliphatic rings. The minimum Gasteiger partial charge on any atom is -0.481 e. The number of hydrogen-bond acceptors (Lipinski definition) is 5. The maximum atomic E-state index is 13.9. The van der Waals surface area contributed by atoms with Crippen LogP contribution in [0.1, 0.15) is 29.8 Å². The summed E-state index contributed by atoms with van der Waals surface area (Å²) in [7, 11) is 0. The Bertz CT molecular complexity index is 618. The van der Waals surface area contributed by atoms with Crippen molar-refractivity contribution in [3.63, 3.8) is 0 Å². The summed E-state index contributed by atoms with van der Waals surface area (Å²) in [5.74, 6) is -1.86. The van der Waals surface area contributed by atoms with Crippen molar-refractivity contribution in [3.8, 4) is 5.75 Å². The van der Waals surface area contributed by atoms with E-state index in [1.807, 2.05) is 0 Å². The van der Waals surface area contributed by atoms with Gasteiger partial charge >= 0.3 is 0 Å². The van der Waals surface area contributed by atoms with Crippen molar-refractivity contribution in [1.29, 1.82) is 0 Å². The molecule has 0 spiro atoms. The molecule has 0 amide bonds. The van der Waals surface area contributed by atoms with Crippen LogP contribution < -0.4 is 10.1 Å². The number of halogens is 2. The molecule has 1 heterocycles. The summed E-state index contributed by atoms with van der Waals surface area (Å²) < 4.78 is 37.5. The SMILES string of the molecule is Cc1nonc1COc1c(F)cc(CNC2CC2)cc1F. The Kier molecular flexibility index (Phi) is 3.83. The largest absolute Gasteiger partial charge is 0.481 e. The van der Waals surface area contributed by atoms with Gasteiger partial charge in [-0.2, -0.15) is 0 Å². The van der Waals surface area contributed by atoms with Gasteiger partial charge in [-0.05, 0) is 37.5 Å². The Balaban J connectivity index is 1.68. The van der Waals surface area contributed by atoms with Crippen molar-refractivity contribution in [1.82, 2.24) is 15.6 Å². The lowest BCUT2D eigenvalue weighted by Gasteiger charge is -2.09. The second-order valence-electron chi connectivity index (χ2n) is 5.13. The molecule has 3 rings (SSSR count). The van der Waals surface area contributed by atoms with Gasteiger partial charge in [0.2, 0.25) is 0 Å². The van der Waals surface area contributed by atoms with Crippen LogP contribution in [-0.2, 0) is 13.2 Å². The number of ether oxygens (including phenoxy) is 1. The van der Waals surface area contributed by atoms with Crippen LogP contribution in [0.2, 0.25) is 0 Å². The van der Waals surface area contributed by atoms with E-state index in [0.717, 1.165) is 12.8 Å². The summed E-state index contributed by atoms with van der Waals surface area (Å²) in [4.78, 5) is 0. The van der Waals surface area contributed by atoms with Crippen molar-refractivity contribution in [2.45, 2.75) is 39.0 Å². The van der Waals surface area contributed by atoms with Crippen molar-refractivity contribution in [2.75, 3.05) is 0 Å². The minimum atomic E-state index is -0.725. The first-order chi connectivity index (χ1) is 10.1. The molecule has 2 aromatic rings. The molecular formula is C14H15F2N3O2. The van der Waals surface area contributed by atoms with E-state index in [4.69, 9.17) is 4.74 Å². The van der Waals surface area contributed by atoms with E-state index in [-0.39, 0.29) is 6.61 Å². The number of nitrogens with zero attached hydrogens (tertiary/aromatic N) is 2. The molecule has 0 saturated heterocycles. The number of aryl methyl sites for hydroxylation is 1. The first-order valence-corrected chi connectivity index (χ1v) is 6.75. The van der Waals surface area contributed by atoms with Crippen molar-refractivity contribution < 1.29 is 18.1 Å². The molecule has 1 aromatic carbocycles. The van der Waals surface area contributed by atoms with E-state index in [9.17, 15) is 8.78 Å². The molecule has 1 saturated carbocycles. The smallest absolute Gasteiger partial charge is 0.191 e. The lowest BCUT2D eigenvalue weighted by molar-refractivity contribution is 0.252. The van der Waals surface area contributed by atoms with Gasteiger partial charge in [0, 0.05) is 12.6 Å². The Morgan fingerprint density at radius 1 is 1.29 bits per heavy atom. The fourth-order valence-electron chi connectivity index (χ4n) is 1.92. The highest BCUT2D eigenvalue weighted by Gasteiger charge is 2.21. The highest BCUT2D eigenvalue weighted by molar-refractivity contribution is 5.31. The van der Waals surface area contributed by atoms with Crippen LogP contribution in [0.5, 0.6) is 5.75 Å². The third kappa shape index (κ3) is 3.36. The summed E-state index contributed by atoms with van der Waals surface area (Å²) in [6.45, 7) is 2.03. The zero-order valence-electron chi connectivity index (χ0n) is 11.5. The first-order valence-electron chi connectivity index (χ1n) is 6.75.